The minimum absolute atomic E-state index is 0.163. The number of pyridine rings is 1. The minimum atomic E-state index is -3.57. The van der Waals surface area contributed by atoms with E-state index in [0.717, 1.165) is 6.26 Å². The van der Waals surface area contributed by atoms with Gasteiger partial charge in [-0.1, -0.05) is 13.8 Å². The zero-order chi connectivity index (χ0) is 22.7. The number of nitrogens with one attached hydrogen (secondary N) is 1. The molecule has 1 saturated heterocycles. The standard InChI is InChI=1S/C17H23N5O5S.C2H6/c1-17(2,3)27-16(24)22-7-5-21(6-8-22)12-9-11-10-18-15(28(4,25)26)20-13(11)19-14(12)23;1-2/h9-10H,5-8H2,1-4H3,(H,18,19,20,23);1-2H3. The molecule has 1 aliphatic heterocycles. The van der Waals surface area contributed by atoms with Crippen LogP contribution in [0.15, 0.2) is 22.2 Å². The van der Waals surface area contributed by atoms with E-state index >= 15 is 0 Å². The Hall–Kier alpha value is -2.69. The normalized spacial score (nSPS) is 14.9. The van der Waals surface area contributed by atoms with Gasteiger partial charge in [0.15, 0.2) is 0 Å². The minimum Gasteiger partial charge on any atom is -0.444 e. The topological polar surface area (TPSA) is 126 Å². The molecule has 1 fully saturated rings. The third kappa shape index (κ3) is 5.68. The van der Waals surface area contributed by atoms with Crippen LogP contribution >= 0.6 is 0 Å². The molecule has 0 atom stereocenters. The summed E-state index contributed by atoms with van der Waals surface area (Å²) in [5.74, 6) is 0. The first-order valence-corrected chi connectivity index (χ1v) is 11.7. The number of ether oxygens (including phenoxy) is 1. The van der Waals surface area contributed by atoms with Crippen molar-refractivity contribution in [2.45, 2.75) is 45.4 Å². The number of carbonyl (C=O) groups excluding carboxylic acids is 1. The van der Waals surface area contributed by atoms with Gasteiger partial charge in [-0.2, -0.15) is 0 Å². The van der Waals surface area contributed by atoms with Gasteiger partial charge in [0.05, 0.1) is 0 Å². The third-order valence-electron chi connectivity index (χ3n) is 4.16. The molecule has 30 heavy (non-hydrogen) atoms. The molecule has 1 N–H and O–H groups in total. The van der Waals surface area contributed by atoms with Crippen LogP contribution in [0.25, 0.3) is 11.0 Å². The maximum atomic E-state index is 12.5. The molecule has 2 aromatic rings. The summed E-state index contributed by atoms with van der Waals surface area (Å²) in [6, 6.07) is 1.63. The van der Waals surface area contributed by atoms with Gasteiger partial charge >= 0.3 is 6.09 Å². The Balaban J connectivity index is 0.00000155. The number of piperazine rings is 1. The maximum absolute atomic E-state index is 12.5. The Morgan fingerprint density at radius 3 is 2.30 bits per heavy atom. The average Bonchev–Trinajstić information content (AvgIpc) is 2.66. The summed E-state index contributed by atoms with van der Waals surface area (Å²) in [6.07, 6.45) is 2.00. The smallest absolute Gasteiger partial charge is 0.410 e. The van der Waals surface area contributed by atoms with Crippen LogP contribution in [0.4, 0.5) is 10.5 Å². The number of H-pyrrole nitrogens is 1. The van der Waals surface area contributed by atoms with Crippen LogP contribution in [0.2, 0.25) is 0 Å². The maximum Gasteiger partial charge on any atom is 0.410 e. The molecule has 0 spiro atoms. The van der Waals surface area contributed by atoms with Crippen LogP contribution in [0.3, 0.4) is 0 Å². The molecule has 166 valence electrons. The summed E-state index contributed by atoms with van der Waals surface area (Å²) in [4.78, 5) is 38.5. The van der Waals surface area contributed by atoms with Crippen molar-refractivity contribution in [3.63, 3.8) is 0 Å². The predicted octanol–water partition coefficient (Wildman–Crippen LogP) is 1.80. The van der Waals surface area contributed by atoms with Crippen molar-refractivity contribution in [2.75, 3.05) is 37.3 Å². The Bertz CT molecular complexity index is 1070. The molecule has 2 aromatic heterocycles. The highest BCUT2D eigenvalue weighted by molar-refractivity contribution is 7.90. The Morgan fingerprint density at radius 1 is 1.17 bits per heavy atom. The predicted molar refractivity (Wildman–Crippen MR) is 115 cm³/mol. The summed E-state index contributed by atoms with van der Waals surface area (Å²) < 4.78 is 28.5. The lowest BCUT2D eigenvalue weighted by atomic mass is 10.2. The lowest BCUT2D eigenvalue weighted by Gasteiger charge is -2.36. The highest BCUT2D eigenvalue weighted by atomic mass is 32.2. The van der Waals surface area contributed by atoms with Crippen molar-refractivity contribution >= 4 is 32.7 Å². The number of anilines is 1. The molecular weight excluding hydrogens is 410 g/mol. The number of fused-ring (bicyclic) bond motifs is 1. The number of aromatic nitrogens is 3. The van der Waals surface area contributed by atoms with Gasteiger partial charge in [0.2, 0.25) is 15.0 Å². The summed E-state index contributed by atoms with van der Waals surface area (Å²) in [7, 11) is -3.57. The van der Waals surface area contributed by atoms with E-state index in [1.807, 2.05) is 39.5 Å². The number of aromatic amines is 1. The molecule has 0 aromatic carbocycles. The number of sulfone groups is 1. The van der Waals surface area contributed by atoms with Crippen LogP contribution in [-0.4, -0.2) is 72.4 Å². The molecule has 0 radical (unpaired) electrons. The van der Waals surface area contributed by atoms with Crippen LogP contribution in [0.1, 0.15) is 34.6 Å². The summed E-state index contributed by atoms with van der Waals surface area (Å²) >= 11 is 0. The molecule has 1 amide bonds. The lowest BCUT2D eigenvalue weighted by molar-refractivity contribution is 0.0240. The fraction of sp³-hybridized carbons (Fsp3) is 0.579. The molecule has 0 aliphatic carbocycles. The van der Waals surface area contributed by atoms with E-state index in [1.165, 1.54) is 6.20 Å². The second-order valence-electron chi connectivity index (χ2n) is 7.67. The third-order valence-corrected chi connectivity index (χ3v) is 5.02. The van der Waals surface area contributed by atoms with E-state index < -0.39 is 15.4 Å². The number of carbonyl (C=O) groups is 1. The second kappa shape index (κ2) is 8.99. The Kier molecular flexibility index (Phi) is 7.06. The van der Waals surface area contributed by atoms with E-state index in [4.69, 9.17) is 4.74 Å². The van der Waals surface area contributed by atoms with Gasteiger partial charge in [0, 0.05) is 44.0 Å². The van der Waals surface area contributed by atoms with E-state index in [-0.39, 0.29) is 22.5 Å². The summed E-state index contributed by atoms with van der Waals surface area (Å²) in [6.45, 7) is 11.2. The molecule has 10 nitrogen and oxygen atoms in total. The molecule has 0 saturated carbocycles. The van der Waals surface area contributed by atoms with Gasteiger partial charge in [-0.15, -0.1) is 0 Å². The number of hydrogen-bond donors (Lipinski definition) is 1. The van der Waals surface area contributed by atoms with Gasteiger partial charge in [0.1, 0.15) is 16.9 Å². The van der Waals surface area contributed by atoms with Crippen LogP contribution in [0, 0.1) is 0 Å². The highest BCUT2D eigenvalue weighted by Gasteiger charge is 2.27. The van der Waals surface area contributed by atoms with Crippen molar-refractivity contribution < 1.29 is 17.9 Å². The SMILES string of the molecule is CC.CC(C)(C)OC(=O)N1CCN(c2cc3cnc(S(C)(=O)=O)nc3[nH]c2=O)CC1. The first-order valence-electron chi connectivity index (χ1n) is 9.77. The molecule has 1 aliphatic rings. The molecule has 11 heteroatoms. The molecule has 3 heterocycles. The zero-order valence-electron chi connectivity index (χ0n) is 18.2. The molecule has 0 unspecified atom stereocenters. The number of hydrogen-bond acceptors (Lipinski definition) is 8. The Morgan fingerprint density at radius 2 is 1.77 bits per heavy atom. The number of rotatable bonds is 2. The van der Waals surface area contributed by atoms with Gasteiger partial charge in [-0.05, 0) is 26.8 Å². The fourth-order valence-corrected chi connectivity index (χ4v) is 3.34. The lowest BCUT2D eigenvalue weighted by Crippen LogP contribution is -2.51. The highest BCUT2D eigenvalue weighted by Crippen LogP contribution is 2.18. The van der Waals surface area contributed by atoms with E-state index in [9.17, 15) is 18.0 Å². The summed E-state index contributed by atoms with van der Waals surface area (Å²) in [5.41, 5.74) is -0.353. The Labute approximate surface area is 176 Å². The monoisotopic (exact) mass is 439 g/mol. The van der Waals surface area contributed by atoms with Crippen LogP contribution < -0.4 is 10.5 Å². The molecular formula is C19H29N5O5S. The fourth-order valence-electron chi connectivity index (χ4n) is 2.84. The van der Waals surface area contributed by atoms with Gasteiger partial charge in [0.25, 0.3) is 5.56 Å². The number of amides is 1. The van der Waals surface area contributed by atoms with E-state index in [0.29, 0.717) is 37.3 Å². The van der Waals surface area contributed by atoms with Gasteiger partial charge in [-0.3, -0.25) is 4.79 Å². The van der Waals surface area contributed by atoms with Crippen molar-refractivity contribution in [3.05, 3.63) is 22.6 Å². The van der Waals surface area contributed by atoms with Crippen LogP contribution in [0.5, 0.6) is 0 Å². The van der Waals surface area contributed by atoms with E-state index in [2.05, 4.69) is 15.0 Å². The van der Waals surface area contributed by atoms with Crippen molar-refractivity contribution in [1.82, 2.24) is 19.9 Å². The molecule has 3 rings (SSSR count). The van der Waals surface area contributed by atoms with Gasteiger partial charge < -0.3 is 19.5 Å². The number of nitrogens with zero attached hydrogens (tertiary/aromatic N) is 4. The average molecular weight is 440 g/mol. The van der Waals surface area contributed by atoms with E-state index in [1.54, 1.807) is 11.0 Å². The van der Waals surface area contributed by atoms with Crippen molar-refractivity contribution in [3.8, 4) is 0 Å². The van der Waals surface area contributed by atoms with Crippen molar-refractivity contribution in [2.24, 2.45) is 0 Å². The molecule has 0 bridgehead atoms. The first-order chi connectivity index (χ1) is 13.9. The quantitative estimate of drug-likeness (QED) is 0.702. The zero-order valence-corrected chi connectivity index (χ0v) is 19.0. The first kappa shape index (κ1) is 23.6. The largest absolute Gasteiger partial charge is 0.444 e. The van der Waals surface area contributed by atoms with Crippen LogP contribution in [-0.2, 0) is 14.6 Å². The van der Waals surface area contributed by atoms with Gasteiger partial charge in [-0.25, -0.2) is 23.2 Å². The summed E-state index contributed by atoms with van der Waals surface area (Å²) in [5, 5.41) is 0.186. The van der Waals surface area contributed by atoms with Crippen molar-refractivity contribution in [1.29, 1.82) is 0 Å². The second-order valence-corrected chi connectivity index (χ2v) is 9.58.